The number of fused-ring (bicyclic) bond motifs is 9. The molecular formula is C42H21N9. The van der Waals surface area contributed by atoms with Crippen LogP contribution in [0.2, 0.25) is 0 Å². The average molecular weight is 652 g/mol. The summed E-state index contributed by atoms with van der Waals surface area (Å²) in [6.07, 6.45) is 5.12. The van der Waals surface area contributed by atoms with Crippen molar-refractivity contribution in [2.75, 3.05) is 0 Å². The van der Waals surface area contributed by atoms with Gasteiger partial charge in [-0.2, -0.15) is 10.5 Å². The lowest BCUT2D eigenvalue weighted by atomic mass is 9.99. The maximum absolute atomic E-state index is 11.3. The first-order chi connectivity index (χ1) is 25.2. The van der Waals surface area contributed by atoms with E-state index in [1.807, 2.05) is 123 Å². The highest BCUT2D eigenvalue weighted by Crippen LogP contribution is 2.47. The van der Waals surface area contributed by atoms with Gasteiger partial charge < -0.3 is 9.13 Å². The largest absolute Gasteiger partial charge is 0.302 e. The Morgan fingerprint density at radius 3 is 1.14 bits per heavy atom. The molecule has 0 aliphatic carbocycles. The third-order valence-electron chi connectivity index (χ3n) is 9.70. The second-order valence-corrected chi connectivity index (χ2v) is 12.2. The Hall–Kier alpha value is -7.80. The molecule has 0 fully saturated rings. The summed E-state index contributed by atoms with van der Waals surface area (Å²) >= 11 is 0. The minimum Gasteiger partial charge on any atom is -0.302 e. The summed E-state index contributed by atoms with van der Waals surface area (Å²) in [7, 11) is 0. The van der Waals surface area contributed by atoms with E-state index in [2.05, 4.69) is 17.0 Å². The second-order valence-electron chi connectivity index (χ2n) is 12.2. The third-order valence-corrected chi connectivity index (χ3v) is 9.70. The van der Waals surface area contributed by atoms with Gasteiger partial charge in [0.25, 0.3) is 0 Å². The van der Waals surface area contributed by atoms with Gasteiger partial charge in [0, 0.05) is 50.9 Å². The Balaban J connectivity index is 1.53. The molecule has 9 nitrogen and oxygen atoms in total. The monoisotopic (exact) mass is 651 g/mol. The number of benzene rings is 4. The molecular weight excluding hydrogens is 631 g/mol. The van der Waals surface area contributed by atoms with Gasteiger partial charge in [0.1, 0.15) is 29.1 Å². The Kier molecular flexibility index (Phi) is 5.87. The van der Waals surface area contributed by atoms with E-state index in [0.29, 0.717) is 34.0 Å². The van der Waals surface area contributed by atoms with E-state index >= 15 is 0 Å². The fraction of sp³-hybridized carbons (Fsp3) is 0. The molecule has 0 unspecified atom stereocenters. The maximum atomic E-state index is 11.3. The molecule has 6 heterocycles. The molecule has 0 radical (unpaired) electrons. The predicted molar refractivity (Wildman–Crippen MR) is 199 cm³/mol. The molecule has 9 heteroatoms. The van der Waals surface area contributed by atoms with Crippen LogP contribution in [0.1, 0.15) is 11.1 Å². The molecule has 0 N–H and O–H groups in total. The topological polar surface area (TPSA) is 105 Å². The Bertz CT molecular complexity index is 2720. The highest BCUT2D eigenvalue weighted by atomic mass is 15.1. The molecule has 0 saturated carbocycles. The van der Waals surface area contributed by atoms with Gasteiger partial charge >= 0.3 is 0 Å². The van der Waals surface area contributed by atoms with Crippen molar-refractivity contribution >= 4 is 71.5 Å². The zero-order valence-electron chi connectivity index (χ0n) is 26.6. The van der Waals surface area contributed by atoms with Crippen molar-refractivity contribution in [2.45, 2.75) is 0 Å². The Morgan fingerprint density at radius 2 is 0.784 bits per heavy atom. The maximum Gasteiger partial charge on any atom is 0.236 e. The fourth-order valence-electron chi connectivity index (χ4n) is 7.74. The summed E-state index contributed by atoms with van der Waals surface area (Å²) in [6.45, 7) is 8.83. The Labute approximate surface area is 289 Å². The molecule has 0 bridgehead atoms. The van der Waals surface area contributed by atoms with Crippen LogP contribution in [0.25, 0.3) is 87.7 Å². The van der Waals surface area contributed by atoms with Gasteiger partial charge in [0.2, 0.25) is 5.69 Å². The fourth-order valence-corrected chi connectivity index (χ4v) is 7.74. The lowest BCUT2D eigenvalue weighted by molar-refractivity contribution is 1.05. The van der Waals surface area contributed by atoms with Crippen LogP contribution in [0.3, 0.4) is 0 Å². The van der Waals surface area contributed by atoms with Gasteiger partial charge in [-0.15, -0.1) is 0 Å². The van der Waals surface area contributed by atoms with Crippen LogP contribution in [-0.4, -0.2) is 28.7 Å². The summed E-state index contributed by atoms with van der Waals surface area (Å²) in [5, 5.41) is 28.1. The standard InChI is InChI=1S/C42H21N9/c1-45-36-38(50-34-18-6-3-12-26(34)29-15-9-21-47-41(29)50)31(23-43)37(49-33-17-5-2-11-25(33)28-14-8-20-46-40(28)49)32(24-44)39(36)51-35-19-7-4-13-27(35)30-16-10-22-48-42(30)51/h2-22H. The van der Waals surface area contributed by atoms with Crippen molar-refractivity contribution in [3.05, 3.63) is 150 Å². The van der Waals surface area contributed by atoms with Crippen molar-refractivity contribution in [3.63, 3.8) is 0 Å². The van der Waals surface area contributed by atoms with E-state index in [-0.39, 0.29) is 16.8 Å². The zero-order chi connectivity index (χ0) is 34.2. The van der Waals surface area contributed by atoms with Gasteiger partial charge in [-0.05, 0) is 54.6 Å². The predicted octanol–water partition coefficient (Wildman–Crippen LogP) is 9.46. The third kappa shape index (κ3) is 3.68. The molecule has 0 amide bonds. The van der Waals surface area contributed by atoms with E-state index < -0.39 is 0 Å². The van der Waals surface area contributed by atoms with E-state index in [1.54, 1.807) is 18.6 Å². The summed E-state index contributed by atoms with van der Waals surface area (Å²) < 4.78 is 5.69. The molecule has 10 aromatic rings. The van der Waals surface area contributed by atoms with E-state index in [9.17, 15) is 10.5 Å². The summed E-state index contributed by atoms with van der Waals surface area (Å²) in [5.41, 5.74) is 5.47. The SMILES string of the molecule is [C-]#[N+]c1c(-n2c3ccccc3c3cccnc32)c(C#N)c(-n2c3ccccc3c3cccnc32)c(C#N)c1-n1c2ccccc2c2cccnc21. The number of rotatable bonds is 3. The van der Waals surface area contributed by atoms with Crippen LogP contribution < -0.4 is 0 Å². The number of pyridine rings is 3. The van der Waals surface area contributed by atoms with Gasteiger partial charge in [0.05, 0.1) is 51.3 Å². The van der Waals surface area contributed by atoms with Gasteiger partial charge in [0.15, 0.2) is 0 Å². The van der Waals surface area contributed by atoms with Crippen molar-refractivity contribution in [1.82, 2.24) is 28.7 Å². The van der Waals surface area contributed by atoms with Crippen molar-refractivity contribution in [3.8, 4) is 29.2 Å². The van der Waals surface area contributed by atoms with Crippen LogP contribution in [-0.2, 0) is 0 Å². The van der Waals surface area contributed by atoms with Gasteiger partial charge in [-0.1, -0.05) is 54.6 Å². The van der Waals surface area contributed by atoms with Crippen LogP contribution in [0.5, 0.6) is 0 Å². The molecule has 234 valence electrons. The molecule has 51 heavy (non-hydrogen) atoms. The zero-order valence-corrected chi connectivity index (χ0v) is 26.6. The second kappa shape index (κ2) is 10.6. The molecule has 4 aromatic carbocycles. The lowest BCUT2D eigenvalue weighted by Gasteiger charge is -2.22. The first-order valence-electron chi connectivity index (χ1n) is 16.2. The average Bonchev–Trinajstić information content (AvgIpc) is 3.82. The van der Waals surface area contributed by atoms with Crippen LogP contribution in [0.15, 0.2) is 128 Å². The first kappa shape index (κ1) is 28.2. The van der Waals surface area contributed by atoms with Crippen LogP contribution in [0.4, 0.5) is 5.69 Å². The number of aromatic nitrogens is 6. The normalized spacial score (nSPS) is 11.5. The summed E-state index contributed by atoms with van der Waals surface area (Å²) in [5.74, 6) is 0. The van der Waals surface area contributed by atoms with Gasteiger partial charge in [-0.3, -0.25) is 4.57 Å². The molecule has 0 aliphatic rings. The number of hydrogen-bond donors (Lipinski definition) is 0. The first-order valence-corrected chi connectivity index (χ1v) is 16.2. The van der Waals surface area contributed by atoms with Crippen molar-refractivity contribution < 1.29 is 0 Å². The molecule has 0 saturated heterocycles. The highest BCUT2D eigenvalue weighted by Gasteiger charge is 2.33. The minimum absolute atomic E-state index is 0.127. The molecule has 0 spiro atoms. The van der Waals surface area contributed by atoms with Crippen LogP contribution in [0, 0.1) is 29.2 Å². The molecule has 0 aliphatic heterocycles. The van der Waals surface area contributed by atoms with Crippen LogP contribution >= 0.6 is 0 Å². The van der Waals surface area contributed by atoms with E-state index in [0.717, 1.165) is 48.9 Å². The highest BCUT2D eigenvalue weighted by molar-refractivity contribution is 6.13. The lowest BCUT2D eigenvalue weighted by Crippen LogP contribution is -2.12. The molecule has 10 rings (SSSR count). The number of hydrogen-bond acceptors (Lipinski definition) is 5. The van der Waals surface area contributed by atoms with Crippen molar-refractivity contribution in [1.29, 1.82) is 10.5 Å². The Morgan fingerprint density at radius 1 is 0.451 bits per heavy atom. The van der Waals surface area contributed by atoms with Gasteiger partial charge in [-0.25, -0.2) is 19.8 Å². The summed E-state index contributed by atoms with van der Waals surface area (Å²) in [6, 6.07) is 40.2. The number of nitriles is 2. The van der Waals surface area contributed by atoms with Crippen molar-refractivity contribution in [2.24, 2.45) is 0 Å². The quantitative estimate of drug-likeness (QED) is 0.177. The number of para-hydroxylation sites is 3. The van der Waals surface area contributed by atoms with E-state index in [1.165, 1.54) is 0 Å². The molecule has 6 aromatic heterocycles. The van der Waals surface area contributed by atoms with E-state index in [4.69, 9.17) is 21.5 Å². The minimum atomic E-state index is 0.127. The molecule has 0 atom stereocenters. The number of nitrogens with zero attached hydrogens (tertiary/aromatic N) is 9. The smallest absolute Gasteiger partial charge is 0.236 e. The summed E-state index contributed by atoms with van der Waals surface area (Å²) in [4.78, 5) is 18.7.